The third-order valence-electron chi connectivity index (χ3n) is 4.45. The van der Waals surface area contributed by atoms with Crippen LogP contribution in [0.15, 0.2) is 76.4 Å². The van der Waals surface area contributed by atoms with Gasteiger partial charge in [0, 0.05) is 11.3 Å². The number of aryl methyl sites for hydroxylation is 1. The van der Waals surface area contributed by atoms with Crippen molar-refractivity contribution in [3.8, 4) is 11.5 Å². The van der Waals surface area contributed by atoms with Crippen LogP contribution < -0.4 is 5.32 Å². The van der Waals surface area contributed by atoms with Gasteiger partial charge in [-0.1, -0.05) is 60.3 Å². The fourth-order valence-electron chi connectivity index (χ4n) is 2.89. The van der Waals surface area contributed by atoms with Crippen LogP contribution in [0.1, 0.15) is 12.5 Å². The van der Waals surface area contributed by atoms with Crippen molar-refractivity contribution in [3.63, 3.8) is 0 Å². The molecule has 0 spiro atoms. The number of thioether (sulfide) groups is 1. The van der Waals surface area contributed by atoms with E-state index in [4.69, 9.17) is 4.42 Å². The molecule has 1 aromatic heterocycles. The maximum Gasteiger partial charge on any atom is 0.277 e. The molecule has 0 unspecified atom stereocenters. The summed E-state index contributed by atoms with van der Waals surface area (Å²) in [7, 11) is 0. The molecule has 0 saturated carbocycles. The molecule has 0 aliphatic carbocycles. The molecule has 0 radical (unpaired) electrons. The van der Waals surface area contributed by atoms with Gasteiger partial charge in [-0.05, 0) is 48.4 Å². The number of aromatic nitrogens is 2. The van der Waals surface area contributed by atoms with Gasteiger partial charge in [0.1, 0.15) is 0 Å². The summed E-state index contributed by atoms with van der Waals surface area (Å²) in [6.07, 6.45) is 0. The highest BCUT2D eigenvalue weighted by molar-refractivity contribution is 8.00. The summed E-state index contributed by atoms with van der Waals surface area (Å²) in [6.45, 7) is 3.81. The standard InChI is InChI=1S/C22H19N3O2S/c1-14-7-3-6-10-19(14)21-24-25-22(27-21)28-15(2)20(26)23-18-12-11-16-8-4-5-9-17(16)13-18/h3-13,15H,1-2H3,(H,23,26)/t15-/m0/s1. The van der Waals surface area contributed by atoms with Crippen LogP contribution in [0.5, 0.6) is 0 Å². The monoisotopic (exact) mass is 389 g/mol. The predicted molar refractivity (Wildman–Crippen MR) is 112 cm³/mol. The highest BCUT2D eigenvalue weighted by atomic mass is 32.2. The first kappa shape index (κ1) is 18.3. The number of nitrogens with one attached hydrogen (secondary N) is 1. The van der Waals surface area contributed by atoms with Gasteiger partial charge in [-0.2, -0.15) is 0 Å². The van der Waals surface area contributed by atoms with Gasteiger partial charge in [0.05, 0.1) is 5.25 Å². The highest BCUT2D eigenvalue weighted by Crippen LogP contribution is 2.28. The van der Waals surface area contributed by atoms with Crippen molar-refractivity contribution in [2.75, 3.05) is 5.32 Å². The van der Waals surface area contributed by atoms with Crippen molar-refractivity contribution >= 4 is 34.1 Å². The zero-order valence-electron chi connectivity index (χ0n) is 15.5. The number of rotatable bonds is 5. The van der Waals surface area contributed by atoms with Gasteiger partial charge in [-0.25, -0.2) is 0 Å². The Morgan fingerprint density at radius 1 is 1.00 bits per heavy atom. The van der Waals surface area contributed by atoms with Gasteiger partial charge < -0.3 is 9.73 Å². The molecule has 1 N–H and O–H groups in total. The number of benzene rings is 3. The Hall–Kier alpha value is -3.12. The normalized spacial score (nSPS) is 12.1. The van der Waals surface area contributed by atoms with Crippen molar-refractivity contribution in [2.24, 2.45) is 0 Å². The van der Waals surface area contributed by atoms with Crippen LogP contribution in [0.2, 0.25) is 0 Å². The minimum atomic E-state index is -0.378. The molecule has 1 heterocycles. The Kier molecular flexibility index (Phi) is 5.12. The summed E-state index contributed by atoms with van der Waals surface area (Å²) in [5.74, 6) is 0.346. The van der Waals surface area contributed by atoms with Crippen molar-refractivity contribution in [2.45, 2.75) is 24.3 Å². The van der Waals surface area contributed by atoms with E-state index in [0.717, 1.165) is 27.6 Å². The minimum Gasteiger partial charge on any atom is -0.411 e. The van der Waals surface area contributed by atoms with Crippen LogP contribution in [-0.2, 0) is 4.79 Å². The number of anilines is 1. The van der Waals surface area contributed by atoms with Crippen LogP contribution in [0.3, 0.4) is 0 Å². The first-order valence-corrected chi connectivity index (χ1v) is 9.84. The summed E-state index contributed by atoms with van der Waals surface area (Å²) < 4.78 is 5.74. The molecule has 4 aromatic rings. The molecule has 0 fully saturated rings. The lowest BCUT2D eigenvalue weighted by atomic mass is 10.1. The Morgan fingerprint density at radius 3 is 2.57 bits per heavy atom. The molecule has 1 amide bonds. The van der Waals surface area contributed by atoms with Gasteiger partial charge in [0.2, 0.25) is 11.8 Å². The lowest BCUT2D eigenvalue weighted by Gasteiger charge is -2.10. The van der Waals surface area contributed by atoms with Crippen LogP contribution >= 0.6 is 11.8 Å². The quantitative estimate of drug-likeness (QED) is 0.468. The number of hydrogen-bond donors (Lipinski definition) is 1. The zero-order chi connectivity index (χ0) is 19.5. The topological polar surface area (TPSA) is 68.0 Å². The molecular weight excluding hydrogens is 370 g/mol. The van der Waals surface area contributed by atoms with Gasteiger partial charge in [0.15, 0.2) is 0 Å². The summed E-state index contributed by atoms with van der Waals surface area (Å²) in [5.41, 5.74) is 2.72. The van der Waals surface area contributed by atoms with E-state index < -0.39 is 0 Å². The predicted octanol–water partition coefficient (Wildman–Crippen LogP) is 5.32. The Labute approximate surface area is 167 Å². The second kappa shape index (κ2) is 7.86. The summed E-state index contributed by atoms with van der Waals surface area (Å²) in [6, 6.07) is 21.7. The number of hydrogen-bond acceptors (Lipinski definition) is 5. The molecular formula is C22H19N3O2S. The van der Waals surface area contributed by atoms with Gasteiger partial charge >= 0.3 is 0 Å². The van der Waals surface area contributed by atoms with Crippen LogP contribution in [-0.4, -0.2) is 21.4 Å². The highest BCUT2D eigenvalue weighted by Gasteiger charge is 2.19. The number of amides is 1. The van der Waals surface area contributed by atoms with Gasteiger partial charge in [0.25, 0.3) is 5.22 Å². The number of nitrogens with zero attached hydrogens (tertiary/aromatic N) is 2. The number of fused-ring (bicyclic) bond motifs is 1. The summed E-state index contributed by atoms with van der Waals surface area (Å²) in [5, 5.41) is 13.3. The van der Waals surface area contributed by atoms with E-state index in [2.05, 4.69) is 15.5 Å². The van der Waals surface area contributed by atoms with E-state index in [1.54, 1.807) is 0 Å². The van der Waals surface area contributed by atoms with E-state index in [0.29, 0.717) is 11.1 Å². The van der Waals surface area contributed by atoms with Crippen molar-refractivity contribution < 1.29 is 9.21 Å². The molecule has 0 saturated heterocycles. The van der Waals surface area contributed by atoms with Crippen LogP contribution in [0.25, 0.3) is 22.2 Å². The Morgan fingerprint density at radius 2 is 1.75 bits per heavy atom. The molecule has 0 aliphatic rings. The average molecular weight is 389 g/mol. The lowest BCUT2D eigenvalue weighted by Crippen LogP contribution is -2.22. The SMILES string of the molecule is Cc1ccccc1-c1nnc(S[C@@H](C)C(=O)Nc2ccc3ccccc3c2)o1. The fourth-order valence-corrected chi connectivity index (χ4v) is 3.58. The van der Waals surface area contributed by atoms with E-state index in [9.17, 15) is 4.79 Å². The van der Waals surface area contributed by atoms with Gasteiger partial charge in [-0.3, -0.25) is 4.79 Å². The first-order chi connectivity index (χ1) is 13.6. The molecule has 3 aromatic carbocycles. The van der Waals surface area contributed by atoms with Crippen LogP contribution in [0, 0.1) is 6.92 Å². The smallest absolute Gasteiger partial charge is 0.277 e. The maximum absolute atomic E-state index is 12.6. The van der Waals surface area contributed by atoms with E-state index >= 15 is 0 Å². The third-order valence-corrected chi connectivity index (χ3v) is 5.38. The second-order valence-electron chi connectivity index (χ2n) is 6.50. The largest absolute Gasteiger partial charge is 0.411 e. The van der Waals surface area contributed by atoms with E-state index in [1.165, 1.54) is 11.8 Å². The maximum atomic E-state index is 12.6. The number of carbonyl (C=O) groups excluding carboxylic acids is 1. The molecule has 4 rings (SSSR count). The van der Waals surface area contributed by atoms with E-state index in [1.807, 2.05) is 80.6 Å². The first-order valence-electron chi connectivity index (χ1n) is 8.96. The van der Waals surface area contributed by atoms with Gasteiger partial charge in [-0.15, -0.1) is 10.2 Å². The molecule has 5 nitrogen and oxygen atoms in total. The molecule has 1 atom stereocenters. The minimum absolute atomic E-state index is 0.115. The van der Waals surface area contributed by atoms with Crippen molar-refractivity contribution in [1.82, 2.24) is 10.2 Å². The third kappa shape index (κ3) is 3.92. The Bertz CT molecular complexity index is 1140. The number of carbonyl (C=O) groups is 1. The van der Waals surface area contributed by atoms with Crippen molar-refractivity contribution in [1.29, 1.82) is 0 Å². The molecule has 0 aliphatic heterocycles. The molecule has 140 valence electrons. The zero-order valence-corrected chi connectivity index (χ0v) is 16.4. The van der Waals surface area contributed by atoms with Crippen molar-refractivity contribution in [3.05, 3.63) is 72.3 Å². The summed E-state index contributed by atoms with van der Waals surface area (Å²) >= 11 is 1.24. The summed E-state index contributed by atoms with van der Waals surface area (Å²) in [4.78, 5) is 12.6. The fraction of sp³-hybridized carbons (Fsp3) is 0.136. The van der Waals surface area contributed by atoms with E-state index in [-0.39, 0.29) is 11.2 Å². The average Bonchev–Trinajstić information content (AvgIpc) is 3.16. The lowest BCUT2D eigenvalue weighted by molar-refractivity contribution is -0.115. The molecule has 28 heavy (non-hydrogen) atoms. The molecule has 0 bridgehead atoms. The Balaban J connectivity index is 1.43. The second-order valence-corrected chi connectivity index (χ2v) is 7.79. The van der Waals surface area contributed by atoms with Crippen LogP contribution in [0.4, 0.5) is 5.69 Å². The molecule has 6 heteroatoms.